The van der Waals surface area contributed by atoms with E-state index in [1.165, 1.54) is 21.3 Å². The van der Waals surface area contributed by atoms with Crippen LogP contribution in [-0.2, 0) is 18.3 Å². The summed E-state index contributed by atoms with van der Waals surface area (Å²) in [6.45, 7) is 0. The number of rotatable bonds is 5. The smallest absolute Gasteiger partial charge is 0.332 e. The fraction of sp³-hybridized carbons (Fsp3) is 1.00. The van der Waals surface area contributed by atoms with Crippen LogP contribution in [0, 0.1) is 0 Å². The molecule has 4 nitrogen and oxygen atoms in total. The van der Waals surface area contributed by atoms with Crippen molar-refractivity contribution in [3.8, 4) is 0 Å². The van der Waals surface area contributed by atoms with Crippen LogP contribution in [0.5, 0.6) is 0 Å². The molecule has 0 heterocycles. The minimum Gasteiger partial charge on any atom is -0.376 e. The number of hydrogen-bond acceptors (Lipinski definition) is 4. The van der Waals surface area contributed by atoms with Crippen molar-refractivity contribution in [2.45, 2.75) is 9.90 Å². The summed E-state index contributed by atoms with van der Waals surface area (Å²) in [6, 6.07) is 0. The quantitative estimate of drug-likeness (QED) is 0.575. The first kappa shape index (κ1) is 15.0. The van der Waals surface area contributed by atoms with E-state index in [9.17, 15) is 4.57 Å². The van der Waals surface area contributed by atoms with Gasteiger partial charge in [0, 0.05) is 21.3 Å². The van der Waals surface area contributed by atoms with E-state index in [4.69, 9.17) is 48.6 Å². The average molecular weight is 285 g/mol. The van der Waals surface area contributed by atoms with Crippen LogP contribution in [0.1, 0.15) is 0 Å². The lowest BCUT2D eigenvalue weighted by Gasteiger charge is -2.25. The summed E-state index contributed by atoms with van der Waals surface area (Å²) in [5.41, 5.74) is 0. The predicted octanol–water partition coefficient (Wildman–Crippen LogP) is 2.86. The Bertz CT molecular complexity index is 210. The van der Waals surface area contributed by atoms with E-state index in [0.717, 1.165) is 0 Å². The fourth-order valence-electron chi connectivity index (χ4n) is 0.738. The molecule has 0 amide bonds. The zero-order valence-electron chi connectivity index (χ0n) is 8.00. The van der Waals surface area contributed by atoms with Gasteiger partial charge >= 0.3 is 7.60 Å². The van der Waals surface area contributed by atoms with E-state index >= 15 is 0 Å². The third kappa shape index (κ3) is 4.67. The van der Waals surface area contributed by atoms with Gasteiger partial charge in [-0.05, 0) is 0 Å². The molecule has 0 aromatic rings. The second kappa shape index (κ2) is 5.90. The maximum absolute atomic E-state index is 11.7. The standard InChI is InChI=1S/C6H12Cl3O4P/c1-11-5(6(7,8)9)4-14(10,12-2)13-3/h5H,4H2,1-3H3. The average Bonchev–Trinajstić information content (AvgIpc) is 2.12. The highest BCUT2D eigenvalue weighted by molar-refractivity contribution is 7.53. The number of hydrogen-bond donors (Lipinski definition) is 0. The molecule has 0 bridgehead atoms. The number of methoxy groups -OCH3 is 1. The molecule has 0 aliphatic rings. The molecule has 0 aromatic heterocycles. The summed E-state index contributed by atoms with van der Waals surface area (Å²) in [4.78, 5) is 0. The third-order valence-electron chi connectivity index (χ3n) is 1.60. The van der Waals surface area contributed by atoms with Crippen molar-refractivity contribution in [2.24, 2.45) is 0 Å². The van der Waals surface area contributed by atoms with E-state index in [-0.39, 0.29) is 6.16 Å². The second-order valence-corrected chi connectivity index (χ2v) is 7.11. The van der Waals surface area contributed by atoms with Gasteiger partial charge in [0.15, 0.2) is 0 Å². The zero-order chi connectivity index (χ0) is 11.4. The van der Waals surface area contributed by atoms with Gasteiger partial charge in [0.1, 0.15) is 6.10 Å². The molecule has 0 aromatic carbocycles. The molecule has 8 heteroatoms. The number of ether oxygens (including phenoxy) is 1. The SMILES string of the molecule is COC(CP(=O)(OC)OC)C(Cl)(Cl)Cl. The van der Waals surface area contributed by atoms with E-state index in [1.807, 2.05) is 0 Å². The monoisotopic (exact) mass is 284 g/mol. The topological polar surface area (TPSA) is 44.8 Å². The maximum Gasteiger partial charge on any atom is 0.332 e. The molecule has 1 atom stereocenters. The van der Waals surface area contributed by atoms with Crippen LogP contribution >= 0.6 is 42.4 Å². The number of alkyl halides is 3. The molecule has 0 spiro atoms. The second-order valence-electron chi connectivity index (χ2n) is 2.42. The van der Waals surface area contributed by atoms with E-state index < -0.39 is 17.5 Å². The van der Waals surface area contributed by atoms with Gasteiger partial charge in [0.2, 0.25) is 3.79 Å². The Kier molecular flexibility index (Phi) is 6.31. The van der Waals surface area contributed by atoms with Gasteiger partial charge in [-0.3, -0.25) is 4.57 Å². The lowest BCUT2D eigenvalue weighted by atomic mass is 10.5. The van der Waals surface area contributed by atoms with Crippen LogP contribution in [0.2, 0.25) is 0 Å². The molecule has 0 fully saturated rings. The van der Waals surface area contributed by atoms with E-state index in [0.29, 0.717) is 0 Å². The molecular weight excluding hydrogens is 273 g/mol. The van der Waals surface area contributed by atoms with E-state index in [2.05, 4.69) is 0 Å². The molecule has 0 aliphatic heterocycles. The van der Waals surface area contributed by atoms with Gasteiger partial charge < -0.3 is 13.8 Å². The summed E-state index contributed by atoms with van der Waals surface area (Å²) in [7, 11) is 0.639. The van der Waals surface area contributed by atoms with Crippen LogP contribution in [-0.4, -0.2) is 37.4 Å². The molecule has 86 valence electrons. The van der Waals surface area contributed by atoms with Gasteiger partial charge in [0.25, 0.3) is 0 Å². The van der Waals surface area contributed by atoms with Crippen molar-refractivity contribution in [3.63, 3.8) is 0 Å². The molecule has 0 saturated heterocycles. The first-order valence-electron chi connectivity index (χ1n) is 3.59. The molecule has 0 aliphatic carbocycles. The lowest BCUT2D eigenvalue weighted by molar-refractivity contribution is 0.116. The number of halogens is 3. The Labute approximate surface area is 98.3 Å². The Morgan fingerprint density at radius 1 is 1.21 bits per heavy atom. The Hall–Kier alpha value is 0.980. The molecule has 0 radical (unpaired) electrons. The molecule has 0 N–H and O–H groups in total. The fourth-order valence-corrected chi connectivity index (χ4v) is 2.84. The lowest BCUT2D eigenvalue weighted by Crippen LogP contribution is -2.31. The molecule has 0 rings (SSSR count). The van der Waals surface area contributed by atoms with Crippen molar-refractivity contribution in [1.29, 1.82) is 0 Å². The highest BCUT2D eigenvalue weighted by Gasteiger charge is 2.39. The van der Waals surface area contributed by atoms with Gasteiger partial charge in [-0.15, -0.1) is 0 Å². The molecular formula is C6H12Cl3O4P. The minimum atomic E-state index is -3.23. The van der Waals surface area contributed by atoms with Crippen molar-refractivity contribution in [3.05, 3.63) is 0 Å². The summed E-state index contributed by atoms with van der Waals surface area (Å²) in [5, 5.41) is 0. The van der Waals surface area contributed by atoms with Gasteiger partial charge in [0.05, 0.1) is 6.16 Å². The minimum absolute atomic E-state index is 0.118. The van der Waals surface area contributed by atoms with Gasteiger partial charge in [-0.1, -0.05) is 34.8 Å². The summed E-state index contributed by atoms with van der Waals surface area (Å²) >= 11 is 16.8. The largest absolute Gasteiger partial charge is 0.376 e. The Balaban J connectivity index is 4.54. The highest BCUT2D eigenvalue weighted by atomic mass is 35.6. The Morgan fingerprint density at radius 3 is 1.86 bits per heavy atom. The molecule has 0 saturated carbocycles. The first-order valence-corrected chi connectivity index (χ1v) is 6.45. The Morgan fingerprint density at radius 2 is 1.64 bits per heavy atom. The first-order chi connectivity index (χ1) is 6.29. The van der Waals surface area contributed by atoms with Crippen LogP contribution in [0.3, 0.4) is 0 Å². The van der Waals surface area contributed by atoms with Crippen molar-refractivity contribution in [2.75, 3.05) is 27.5 Å². The van der Waals surface area contributed by atoms with Crippen LogP contribution in [0.15, 0.2) is 0 Å². The van der Waals surface area contributed by atoms with Crippen LogP contribution < -0.4 is 0 Å². The van der Waals surface area contributed by atoms with Crippen LogP contribution in [0.25, 0.3) is 0 Å². The van der Waals surface area contributed by atoms with Crippen molar-refractivity contribution in [1.82, 2.24) is 0 Å². The van der Waals surface area contributed by atoms with Gasteiger partial charge in [-0.25, -0.2) is 0 Å². The predicted molar refractivity (Wildman–Crippen MR) is 57.6 cm³/mol. The highest BCUT2D eigenvalue weighted by Crippen LogP contribution is 2.50. The summed E-state index contributed by atoms with van der Waals surface area (Å²) in [5.74, 6) is 0. The van der Waals surface area contributed by atoms with Gasteiger partial charge in [-0.2, -0.15) is 0 Å². The maximum atomic E-state index is 11.7. The normalized spacial score (nSPS) is 15.6. The molecule has 14 heavy (non-hydrogen) atoms. The zero-order valence-corrected chi connectivity index (χ0v) is 11.2. The van der Waals surface area contributed by atoms with Crippen LogP contribution in [0.4, 0.5) is 0 Å². The van der Waals surface area contributed by atoms with Crippen molar-refractivity contribution >= 4 is 42.4 Å². The summed E-state index contributed by atoms with van der Waals surface area (Å²) in [6.07, 6.45) is -0.967. The van der Waals surface area contributed by atoms with Crippen molar-refractivity contribution < 1.29 is 18.3 Å². The molecule has 1 unspecified atom stereocenters. The third-order valence-corrected chi connectivity index (χ3v) is 4.22. The van der Waals surface area contributed by atoms with E-state index in [1.54, 1.807) is 0 Å². The summed E-state index contributed by atoms with van der Waals surface area (Å²) < 4.78 is 24.3.